The lowest BCUT2D eigenvalue weighted by molar-refractivity contribution is 0.0644. The first-order chi connectivity index (χ1) is 14.2. The summed E-state index contributed by atoms with van der Waals surface area (Å²) in [7, 11) is 2.07. The second kappa shape index (κ2) is 10.8. The first-order valence-corrected chi connectivity index (χ1v) is 10.6. The van der Waals surface area contributed by atoms with E-state index in [4.69, 9.17) is 0 Å². The van der Waals surface area contributed by atoms with Crippen molar-refractivity contribution in [2.75, 3.05) is 51.2 Å². The maximum Gasteiger partial charge on any atom is 0.272 e. The molecule has 0 spiro atoms. The number of unbranched alkanes of at least 4 members (excludes halogenated alkanes) is 1. The van der Waals surface area contributed by atoms with Crippen molar-refractivity contribution in [2.45, 2.75) is 19.8 Å². The summed E-state index contributed by atoms with van der Waals surface area (Å²) in [5.74, 6) is 0.0345. The van der Waals surface area contributed by atoms with E-state index in [-0.39, 0.29) is 5.91 Å². The molecule has 0 N–H and O–H groups in total. The molecule has 3 rings (SSSR count). The predicted molar refractivity (Wildman–Crippen MR) is 120 cm³/mol. The van der Waals surface area contributed by atoms with Crippen LogP contribution < -0.4 is 4.90 Å². The summed E-state index contributed by atoms with van der Waals surface area (Å²) < 4.78 is 0. The van der Waals surface area contributed by atoms with Crippen molar-refractivity contribution in [3.63, 3.8) is 0 Å². The van der Waals surface area contributed by atoms with Crippen LogP contribution >= 0.6 is 0 Å². The van der Waals surface area contributed by atoms with Gasteiger partial charge in [-0.3, -0.25) is 9.69 Å². The van der Waals surface area contributed by atoms with E-state index in [9.17, 15) is 4.79 Å². The van der Waals surface area contributed by atoms with Crippen LogP contribution in [-0.2, 0) is 0 Å². The molecule has 0 aliphatic carbocycles. The number of hydrogen-bond donors (Lipinski definition) is 0. The van der Waals surface area contributed by atoms with Crippen LogP contribution in [0, 0.1) is 0 Å². The summed E-state index contributed by atoms with van der Waals surface area (Å²) in [6.45, 7) is 7.38. The standard InChI is InChI=1S/C24H32N4O/c1-3-4-14-26(2)22-12-13-23(25-20-22)24(29)28-18-16-27(17-19-28)15-8-11-21-9-6-5-7-10-21/h5-13,20H,3-4,14-19H2,1-2H3/b11-8+. The summed E-state index contributed by atoms with van der Waals surface area (Å²) in [5.41, 5.74) is 2.82. The van der Waals surface area contributed by atoms with E-state index in [1.807, 2.05) is 41.4 Å². The van der Waals surface area contributed by atoms with Crippen LogP contribution in [0.4, 0.5) is 5.69 Å². The molecule has 1 aliphatic heterocycles. The predicted octanol–water partition coefficient (Wildman–Crippen LogP) is 3.79. The van der Waals surface area contributed by atoms with E-state index < -0.39 is 0 Å². The number of carbonyl (C=O) groups is 1. The van der Waals surface area contributed by atoms with Gasteiger partial charge in [-0.05, 0) is 24.1 Å². The third-order valence-corrected chi connectivity index (χ3v) is 5.39. The van der Waals surface area contributed by atoms with Gasteiger partial charge in [-0.15, -0.1) is 0 Å². The highest BCUT2D eigenvalue weighted by molar-refractivity contribution is 5.92. The van der Waals surface area contributed by atoms with E-state index in [0.29, 0.717) is 5.69 Å². The Morgan fingerprint density at radius 1 is 1.10 bits per heavy atom. The molecule has 1 fully saturated rings. The summed E-state index contributed by atoms with van der Waals surface area (Å²) in [5, 5.41) is 0. The Morgan fingerprint density at radius 2 is 1.86 bits per heavy atom. The maximum atomic E-state index is 12.8. The number of carbonyl (C=O) groups excluding carboxylic acids is 1. The second-order valence-corrected chi connectivity index (χ2v) is 7.58. The van der Waals surface area contributed by atoms with Crippen molar-refractivity contribution in [2.24, 2.45) is 0 Å². The van der Waals surface area contributed by atoms with Crippen LogP contribution in [0.5, 0.6) is 0 Å². The van der Waals surface area contributed by atoms with Crippen LogP contribution in [-0.4, -0.2) is 67.0 Å². The molecule has 0 bridgehead atoms. The van der Waals surface area contributed by atoms with E-state index in [0.717, 1.165) is 51.4 Å². The van der Waals surface area contributed by atoms with Gasteiger partial charge >= 0.3 is 0 Å². The van der Waals surface area contributed by atoms with Gasteiger partial charge in [-0.25, -0.2) is 4.98 Å². The van der Waals surface area contributed by atoms with Crippen LogP contribution in [0.2, 0.25) is 0 Å². The quantitative estimate of drug-likeness (QED) is 0.685. The van der Waals surface area contributed by atoms with Crippen molar-refractivity contribution in [3.8, 4) is 0 Å². The number of piperazine rings is 1. The highest BCUT2D eigenvalue weighted by Crippen LogP contribution is 2.14. The average molecular weight is 393 g/mol. The minimum atomic E-state index is 0.0345. The molecule has 0 atom stereocenters. The van der Waals surface area contributed by atoms with Gasteiger partial charge in [0, 0.05) is 46.3 Å². The fraction of sp³-hybridized carbons (Fsp3) is 0.417. The van der Waals surface area contributed by atoms with Crippen molar-refractivity contribution in [3.05, 3.63) is 66.0 Å². The van der Waals surface area contributed by atoms with Gasteiger partial charge in [0.15, 0.2) is 0 Å². The Morgan fingerprint density at radius 3 is 2.52 bits per heavy atom. The Labute approximate surface area is 174 Å². The summed E-state index contributed by atoms with van der Waals surface area (Å²) >= 11 is 0. The maximum absolute atomic E-state index is 12.8. The van der Waals surface area contributed by atoms with Crippen LogP contribution in [0.15, 0.2) is 54.7 Å². The number of rotatable bonds is 8. The van der Waals surface area contributed by atoms with E-state index in [1.54, 1.807) is 0 Å². The number of amides is 1. The highest BCUT2D eigenvalue weighted by atomic mass is 16.2. The van der Waals surface area contributed by atoms with Gasteiger partial charge in [0.05, 0.1) is 11.9 Å². The van der Waals surface area contributed by atoms with Crippen molar-refractivity contribution >= 4 is 17.7 Å². The minimum absolute atomic E-state index is 0.0345. The molecule has 29 heavy (non-hydrogen) atoms. The molecule has 2 aromatic rings. The number of anilines is 1. The molecule has 0 saturated carbocycles. The average Bonchev–Trinajstić information content (AvgIpc) is 2.78. The van der Waals surface area contributed by atoms with Crippen LogP contribution in [0.3, 0.4) is 0 Å². The van der Waals surface area contributed by atoms with Crippen LogP contribution in [0.1, 0.15) is 35.8 Å². The number of aromatic nitrogens is 1. The molecule has 1 aromatic carbocycles. The van der Waals surface area contributed by atoms with Gasteiger partial charge in [0.25, 0.3) is 5.91 Å². The molecule has 1 saturated heterocycles. The molecular formula is C24H32N4O. The van der Waals surface area contributed by atoms with E-state index in [1.165, 1.54) is 12.0 Å². The molecule has 0 radical (unpaired) electrons. The van der Waals surface area contributed by atoms with Gasteiger partial charge in [-0.1, -0.05) is 55.8 Å². The molecular weight excluding hydrogens is 360 g/mol. The fourth-order valence-corrected chi connectivity index (χ4v) is 3.46. The normalized spacial score (nSPS) is 15.0. The Balaban J connectivity index is 1.46. The zero-order valence-corrected chi connectivity index (χ0v) is 17.6. The first kappa shape index (κ1) is 21.1. The smallest absolute Gasteiger partial charge is 0.272 e. The third kappa shape index (κ3) is 6.16. The Kier molecular flexibility index (Phi) is 7.82. The zero-order valence-electron chi connectivity index (χ0n) is 17.6. The fourth-order valence-electron chi connectivity index (χ4n) is 3.46. The minimum Gasteiger partial charge on any atom is -0.373 e. The topological polar surface area (TPSA) is 39.7 Å². The van der Waals surface area contributed by atoms with Crippen molar-refractivity contribution in [1.29, 1.82) is 0 Å². The third-order valence-electron chi connectivity index (χ3n) is 5.39. The van der Waals surface area contributed by atoms with Gasteiger partial charge < -0.3 is 9.80 Å². The van der Waals surface area contributed by atoms with Crippen molar-refractivity contribution in [1.82, 2.24) is 14.8 Å². The Hall–Kier alpha value is -2.66. The number of benzene rings is 1. The molecule has 2 heterocycles. The lowest BCUT2D eigenvalue weighted by Gasteiger charge is -2.34. The van der Waals surface area contributed by atoms with E-state index in [2.05, 4.69) is 53.0 Å². The summed E-state index contributed by atoms with van der Waals surface area (Å²) in [4.78, 5) is 23.7. The molecule has 0 unspecified atom stereocenters. The van der Waals surface area contributed by atoms with Gasteiger partial charge in [0.2, 0.25) is 0 Å². The number of hydrogen-bond acceptors (Lipinski definition) is 4. The molecule has 1 aliphatic rings. The molecule has 1 amide bonds. The molecule has 1 aromatic heterocycles. The monoisotopic (exact) mass is 392 g/mol. The largest absolute Gasteiger partial charge is 0.373 e. The Bertz CT molecular complexity index is 780. The zero-order chi connectivity index (χ0) is 20.5. The summed E-state index contributed by atoms with van der Waals surface area (Å²) in [6.07, 6.45) is 8.49. The van der Waals surface area contributed by atoms with Crippen LogP contribution in [0.25, 0.3) is 6.08 Å². The molecule has 154 valence electrons. The lowest BCUT2D eigenvalue weighted by atomic mass is 10.2. The van der Waals surface area contributed by atoms with E-state index >= 15 is 0 Å². The molecule has 5 nitrogen and oxygen atoms in total. The van der Waals surface area contributed by atoms with Crippen molar-refractivity contribution < 1.29 is 4.79 Å². The highest BCUT2D eigenvalue weighted by Gasteiger charge is 2.22. The second-order valence-electron chi connectivity index (χ2n) is 7.58. The number of nitrogens with zero attached hydrogens (tertiary/aromatic N) is 4. The molecule has 5 heteroatoms. The lowest BCUT2D eigenvalue weighted by Crippen LogP contribution is -2.48. The summed E-state index contributed by atoms with van der Waals surface area (Å²) in [6, 6.07) is 14.2. The number of pyridine rings is 1. The first-order valence-electron chi connectivity index (χ1n) is 10.6. The SMILES string of the molecule is CCCCN(C)c1ccc(C(=O)N2CCN(C/C=C/c3ccccc3)CC2)nc1. The van der Waals surface area contributed by atoms with Gasteiger partial charge in [0.1, 0.15) is 5.69 Å². The van der Waals surface area contributed by atoms with Gasteiger partial charge in [-0.2, -0.15) is 0 Å².